The van der Waals surface area contributed by atoms with Crippen LogP contribution in [0.2, 0.25) is 0 Å². The number of anilines is 1. The number of amides is 1. The largest absolute Gasteiger partial charge is 0.462 e. The Kier molecular flexibility index (Phi) is 5.48. The highest BCUT2D eigenvalue weighted by atomic mass is 32.1. The third-order valence-corrected chi connectivity index (χ3v) is 7.10. The highest BCUT2D eigenvalue weighted by Crippen LogP contribution is 2.41. The molecule has 2 N–H and O–H groups in total. The van der Waals surface area contributed by atoms with Crippen molar-refractivity contribution in [1.82, 2.24) is 10.2 Å². The summed E-state index contributed by atoms with van der Waals surface area (Å²) in [5.41, 5.74) is 3.32. The third-order valence-electron chi connectivity index (χ3n) is 5.95. The molecule has 0 saturated heterocycles. The maximum Gasteiger partial charge on any atom is 0.338 e. The van der Waals surface area contributed by atoms with Gasteiger partial charge in [0.15, 0.2) is 6.17 Å². The molecule has 3 aromatic rings. The Balaban J connectivity index is 1.35. The number of furan rings is 1. The zero-order valence-corrected chi connectivity index (χ0v) is 18.9. The van der Waals surface area contributed by atoms with Gasteiger partial charge < -0.3 is 19.8 Å². The van der Waals surface area contributed by atoms with Gasteiger partial charge in [-0.1, -0.05) is 19.1 Å². The molecule has 5 rings (SSSR count). The lowest BCUT2D eigenvalue weighted by atomic mass is 10.0. The van der Waals surface area contributed by atoms with Crippen LogP contribution in [-0.2, 0) is 17.7 Å². The molecule has 1 aromatic carbocycles. The molecule has 8 heteroatoms. The summed E-state index contributed by atoms with van der Waals surface area (Å²) in [6.07, 6.45) is 0.478. The van der Waals surface area contributed by atoms with Gasteiger partial charge in [0.05, 0.1) is 17.7 Å². The molecule has 1 amide bonds. The van der Waals surface area contributed by atoms with E-state index in [2.05, 4.69) is 22.5 Å². The second-order valence-electron chi connectivity index (χ2n) is 7.88. The van der Waals surface area contributed by atoms with Crippen LogP contribution >= 0.6 is 11.3 Å². The van der Waals surface area contributed by atoms with Gasteiger partial charge in [0.1, 0.15) is 16.5 Å². The number of esters is 1. The maximum atomic E-state index is 12.9. The standard InChI is InChI=1S/C24H25N3O4S/c1-3-27-12-11-16-19(13-27)32-23-20(16)22(28)25-21(26-23)18-10-9-17(31-18)14-5-7-15(8-6-14)24(29)30-4-2/h5-10,21,26H,3-4,11-13H2,1-2H3,(H,25,28)/t21-/m1/s1. The fourth-order valence-corrected chi connectivity index (χ4v) is 5.54. The summed E-state index contributed by atoms with van der Waals surface area (Å²) in [6, 6.07) is 10.8. The third kappa shape index (κ3) is 3.69. The van der Waals surface area contributed by atoms with Crippen LogP contribution in [0.3, 0.4) is 0 Å². The lowest BCUT2D eigenvalue weighted by molar-refractivity contribution is 0.0526. The summed E-state index contributed by atoms with van der Waals surface area (Å²) in [4.78, 5) is 28.5. The molecule has 0 saturated carbocycles. The highest BCUT2D eigenvalue weighted by molar-refractivity contribution is 7.16. The second-order valence-corrected chi connectivity index (χ2v) is 8.98. The predicted molar refractivity (Wildman–Crippen MR) is 123 cm³/mol. The van der Waals surface area contributed by atoms with Crippen molar-refractivity contribution in [1.29, 1.82) is 0 Å². The lowest BCUT2D eigenvalue weighted by Crippen LogP contribution is -2.38. The van der Waals surface area contributed by atoms with E-state index in [1.54, 1.807) is 30.4 Å². The predicted octanol–water partition coefficient (Wildman–Crippen LogP) is 4.42. The minimum atomic E-state index is -0.426. The normalized spacial score (nSPS) is 17.8. The molecule has 166 valence electrons. The van der Waals surface area contributed by atoms with E-state index in [0.717, 1.165) is 42.2 Å². The van der Waals surface area contributed by atoms with E-state index in [9.17, 15) is 9.59 Å². The number of nitrogens with one attached hydrogen (secondary N) is 2. The molecular weight excluding hydrogens is 426 g/mol. The average molecular weight is 452 g/mol. The molecule has 2 aliphatic rings. The monoisotopic (exact) mass is 451 g/mol. The molecule has 2 aliphatic heterocycles. The maximum absolute atomic E-state index is 12.9. The Hall–Kier alpha value is -3.10. The van der Waals surface area contributed by atoms with Crippen LogP contribution in [0.15, 0.2) is 40.8 Å². The Morgan fingerprint density at radius 3 is 2.75 bits per heavy atom. The molecule has 0 bridgehead atoms. The first-order valence-corrected chi connectivity index (χ1v) is 11.7. The number of hydrogen-bond donors (Lipinski definition) is 2. The van der Waals surface area contributed by atoms with Gasteiger partial charge in [-0.15, -0.1) is 11.3 Å². The number of benzene rings is 1. The van der Waals surface area contributed by atoms with Crippen LogP contribution < -0.4 is 10.6 Å². The minimum absolute atomic E-state index is 0.0528. The number of nitrogens with zero attached hydrogens (tertiary/aromatic N) is 1. The van der Waals surface area contributed by atoms with E-state index in [0.29, 0.717) is 23.7 Å². The number of ether oxygens (including phenoxy) is 1. The van der Waals surface area contributed by atoms with Crippen LogP contribution in [-0.4, -0.2) is 36.5 Å². The van der Waals surface area contributed by atoms with Crippen molar-refractivity contribution in [3.8, 4) is 11.3 Å². The molecule has 1 atom stereocenters. The Morgan fingerprint density at radius 2 is 2.00 bits per heavy atom. The van der Waals surface area contributed by atoms with Gasteiger partial charge in [0, 0.05) is 23.5 Å². The molecule has 0 fully saturated rings. The van der Waals surface area contributed by atoms with E-state index in [1.165, 1.54) is 10.4 Å². The first kappa shape index (κ1) is 20.8. The van der Waals surface area contributed by atoms with E-state index in [1.807, 2.05) is 24.3 Å². The Labute approximate surface area is 190 Å². The summed E-state index contributed by atoms with van der Waals surface area (Å²) in [5, 5.41) is 7.41. The zero-order valence-electron chi connectivity index (χ0n) is 18.1. The zero-order chi connectivity index (χ0) is 22.2. The van der Waals surface area contributed by atoms with Gasteiger partial charge in [-0.3, -0.25) is 9.69 Å². The van der Waals surface area contributed by atoms with Crippen molar-refractivity contribution in [2.45, 2.75) is 33.0 Å². The number of rotatable bonds is 5. The fraction of sp³-hybridized carbons (Fsp3) is 0.333. The minimum Gasteiger partial charge on any atom is -0.462 e. The van der Waals surface area contributed by atoms with Gasteiger partial charge in [-0.25, -0.2) is 4.79 Å². The summed E-state index contributed by atoms with van der Waals surface area (Å²) in [7, 11) is 0. The molecule has 2 aromatic heterocycles. The SMILES string of the molecule is CCOC(=O)c1ccc(-c2ccc([C@@H]3NC(=O)c4c(sc5c4CCN(CC)C5)N3)o2)cc1. The number of likely N-dealkylation sites (N-methyl/N-ethyl adjacent to an activating group) is 1. The topological polar surface area (TPSA) is 83.8 Å². The van der Waals surface area contributed by atoms with Crippen LogP contribution in [0.5, 0.6) is 0 Å². The summed E-state index contributed by atoms with van der Waals surface area (Å²) in [5.74, 6) is 0.907. The van der Waals surface area contributed by atoms with Gasteiger partial charge in [-0.2, -0.15) is 0 Å². The van der Waals surface area contributed by atoms with Crippen molar-refractivity contribution in [2.24, 2.45) is 0 Å². The molecule has 0 aliphatic carbocycles. The highest BCUT2D eigenvalue weighted by Gasteiger charge is 2.34. The van der Waals surface area contributed by atoms with Gasteiger partial charge >= 0.3 is 5.97 Å². The van der Waals surface area contributed by atoms with E-state index in [4.69, 9.17) is 9.15 Å². The number of hydrogen-bond acceptors (Lipinski definition) is 7. The van der Waals surface area contributed by atoms with Crippen molar-refractivity contribution in [3.05, 3.63) is 63.7 Å². The first-order chi connectivity index (χ1) is 15.6. The first-order valence-electron chi connectivity index (χ1n) is 10.9. The molecule has 0 unspecified atom stereocenters. The van der Waals surface area contributed by atoms with Crippen molar-refractivity contribution in [3.63, 3.8) is 0 Å². The van der Waals surface area contributed by atoms with Gasteiger partial charge in [0.25, 0.3) is 5.91 Å². The molecular formula is C24H25N3O4S. The Bertz CT molecular complexity index is 1160. The molecule has 32 heavy (non-hydrogen) atoms. The fourth-order valence-electron chi connectivity index (χ4n) is 4.23. The van der Waals surface area contributed by atoms with Crippen LogP contribution in [0.4, 0.5) is 5.00 Å². The summed E-state index contributed by atoms with van der Waals surface area (Å²) < 4.78 is 11.1. The molecule has 0 radical (unpaired) electrons. The lowest BCUT2D eigenvalue weighted by Gasteiger charge is -2.27. The van der Waals surface area contributed by atoms with E-state index >= 15 is 0 Å². The number of fused-ring (bicyclic) bond motifs is 3. The van der Waals surface area contributed by atoms with Crippen molar-refractivity contribution in [2.75, 3.05) is 25.0 Å². The number of carbonyl (C=O) groups excluding carboxylic acids is 2. The van der Waals surface area contributed by atoms with Gasteiger partial charge in [-0.05, 0) is 49.7 Å². The quantitative estimate of drug-likeness (QED) is 0.559. The molecule has 4 heterocycles. The molecule has 7 nitrogen and oxygen atoms in total. The summed E-state index contributed by atoms with van der Waals surface area (Å²) in [6.45, 7) is 7.19. The van der Waals surface area contributed by atoms with Gasteiger partial charge in [0.2, 0.25) is 0 Å². The summed E-state index contributed by atoms with van der Waals surface area (Å²) >= 11 is 1.67. The van der Waals surface area contributed by atoms with Crippen molar-refractivity contribution >= 4 is 28.2 Å². The van der Waals surface area contributed by atoms with E-state index in [-0.39, 0.29) is 11.9 Å². The van der Waals surface area contributed by atoms with Crippen molar-refractivity contribution < 1.29 is 18.7 Å². The smallest absolute Gasteiger partial charge is 0.338 e. The molecule has 0 spiro atoms. The average Bonchev–Trinajstić information content (AvgIpc) is 3.44. The van der Waals surface area contributed by atoms with Crippen LogP contribution in [0, 0.1) is 0 Å². The number of carbonyl (C=O) groups is 2. The van der Waals surface area contributed by atoms with Crippen LogP contribution in [0.1, 0.15) is 56.9 Å². The Morgan fingerprint density at radius 1 is 1.19 bits per heavy atom. The second kappa shape index (κ2) is 8.44. The van der Waals surface area contributed by atoms with Crippen LogP contribution in [0.25, 0.3) is 11.3 Å². The van der Waals surface area contributed by atoms with E-state index < -0.39 is 6.17 Å². The number of thiophene rings is 1.